The molecule has 0 saturated carbocycles. The number of alkyl carbamates (subject to hydrolysis) is 1. The quantitative estimate of drug-likeness (QED) is 0.0997. The molecular formula is C33H33NO9PY-. The third kappa shape index (κ3) is 7.82. The number of nitrogens with one attached hydrogen (secondary N) is 1. The van der Waals surface area contributed by atoms with E-state index in [2.05, 4.69) is 11.4 Å². The van der Waals surface area contributed by atoms with Gasteiger partial charge in [-0.15, -0.1) is 5.56 Å². The number of carbonyl (C=O) groups excluding carboxylic acids is 2. The Morgan fingerprint density at radius 2 is 1.60 bits per heavy atom. The molecule has 4 aromatic rings. The van der Waals surface area contributed by atoms with Crippen molar-refractivity contribution >= 4 is 30.7 Å². The van der Waals surface area contributed by atoms with Gasteiger partial charge in [0.15, 0.2) is 5.78 Å². The Morgan fingerprint density at radius 3 is 2.18 bits per heavy atom. The zero-order chi connectivity index (χ0) is 31.4. The number of benzene rings is 3. The largest absolute Gasteiger partial charge is 0.527 e. The van der Waals surface area contributed by atoms with Crippen molar-refractivity contribution in [3.05, 3.63) is 99.4 Å². The summed E-state index contributed by atoms with van der Waals surface area (Å²) in [6.07, 6.45) is -0.758. The number of hydrogen-bond acceptors (Lipinski definition) is 9. The van der Waals surface area contributed by atoms with E-state index in [1.54, 1.807) is 26.8 Å². The van der Waals surface area contributed by atoms with Gasteiger partial charge in [-0.05, 0) is 49.4 Å². The third-order valence-corrected chi connectivity index (χ3v) is 8.91. The molecule has 1 N–H and O–H groups in total. The van der Waals surface area contributed by atoms with E-state index in [1.807, 2.05) is 48.5 Å². The number of hydrogen-bond donors (Lipinski definition) is 1. The molecule has 0 bridgehead atoms. The summed E-state index contributed by atoms with van der Waals surface area (Å²) >= 11 is 0. The smallest absolute Gasteiger partial charge is 0.450 e. The molecule has 1 heterocycles. The molecule has 1 atom stereocenters. The summed E-state index contributed by atoms with van der Waals surface area (Å²) in [6.45, 7) is 6.62. The minimum absolute atomic E-state index is 0. The first kappa shape index (κ1) is 34.7. The van der Waals surface area contributed by atoms with Crippen LogP contribution in [0.3, 0.4) is 0 Å². The van der Waals surface area contributed by atoms with Crippen LogP contribution in [0, 0.1) is 13.0 Å². The summed E-state index contributed by atoms with van der Waals surface area (Å²) in [5.74, 6) is -0.430. The van der Waals surface area contributed by atoms with Crippen LogP contribution in [0.2, 0.25) is 0 Å². The molecule has 0 unspecified atom stereocenters. The Morgan fingerprint density at radius 1 is 1.00 bits per heavy atom. The maximum atomic E-state index is 13.0. The number of phosphoric ester groups is 1. The van der Waals surface area contributed by atoms with E-state index in [9.17, 15) is 18.9 Å². The fourth-order valence-electron chi connectivity index (χ4n) is 5.37. The second kappa shape index (κ2) is 15.0. The van der Waals surface area contributed by atoms with Crippen molar-refractivity contribution in [3.63, 3.8) is 0 Å². The molecule has 1 aliphatic carbocycles. The van der Waals surface area contributed by atoms with Gasteiger partial charge in [0.05, 0.1) is 19.3 Å². The zero-order valence-corrected chi connectivity index (χ0v) is 29.2. The van der Waals surface area contributed by atoms with Gasteiger partial charge in [0, 0.05) is 56.0 Å². The number of amides is 1. The molecule has 1 radical (unpaired) electrons. The van der Waals surface area contributed by atoms with Crippen LogP contribution >= 0.6 is 7.82 Å². The number of fused-ring (bicyclic) bond motifs is 4. The van der Waals surface area contributed by atoms with Crippen molar-refractivity contribution in [2.75, 3.05) is 19.8 Å². The van der Waals surface area contributed by atoms with Gasteiger partial charge < -0.3 is 19.0 Å². The van der Waals surface area contributed by atoms with Crippen molar-refractivity contribution < 1.29 is 69.6 Å². The molecule has 0 fully saturated rings. The van der Waals surface area contributed by atoms with E-state index in [0.29, 0.717) is 16.5 Å². The number of ketones is 1. The fraction of sp³-hybridized carbons (Fsp3) is 0.303. The van der Waals surface area contributed by atoms with E-state index >= 15 is 0 Å². The van der Waals surface area contributed by atoms with Gasteiger partial charge >= 0.3 is 19.5 Å². The molecule has 5 rings (SSSR count). The van der Waals surface area contributed by atoms with Gasteiger partial charge in [-0.1, -0.05) is 72.5 Å². The molecule has 10 nitrogen and oxygen atoms in total. The molecule has 233 valence electrons. The van der Waals surface area contributed by atoms with E-state index < -0.39 is 25.6 Å². The fourth-order valence-corrected chi connectivity index (χ4v) is 6.59. The molecule has 0 saturated heterocycles. The number of aryl methyl sites for hydroxylation is 1. The Bertz CT molecular complexity index is 1770. The normalized spacial score (nSPS) is 13.0. The zero-order valence-electron chi connectivity index (χ0n) is 25.5. The topological polar surface area (TPSA) is 130 Å². The number of rotatable bonds is 12. The van der Waals surface area contributed by atoms with E-state index in [0.717, 1.165) is 22.3 Å². The summed E-state index contributed by atoms with van der Waals surface area (Å²) in [5.41, 5.74) is 4.63. The Hall–Kier alpha value is -3.14. The first-order valence-electron chi connectivity index (χ1n) is 14.3. The van der Waals surface area contributed by atoms with Gasteiger partial charge in [0.25, 0.3) is 0 Å². The first-order valence-corrected chi connectivity index (χ1v) is 15.8. The molecule has 12 heteroatoms. The summed E-state index contributed by atoms with van der Waals surface area (Å²) in [7, 11) is -3.93. The minimum Gasteiger partial charge on any atom is -0.450 e. The van der Waals surface area contributed by atoms with Gasteiger partial charge in [-0.2, -0.15) is 6.07 Å². The first-order chi connectivity index (χ1) is 21.1. The van der Waals surface area contributed by atoms with Crippen LogP contribution < -0.4 is 15.5 Å². The van der Waals surface area contributed by atoms with Crippen molar-refractivity contribution in [3.8, 4) is 16.9 Å². The molecule has 1 aromatic heterocycles. The summed E-state index contributed by atoms with van der Waals surface area (Å²) in [6, 6.07) is 20.8. The van der Waals surface area contributed by atoms with E-state index in [1.165, 1.54) is 13.0 Å². The van der Waals surface area contributed by atoms with Gasteiger partial charge in [0.2, 0.25) is 0 Å². The number of Topliss-reactive ketones (excluding diaryl/α,β-unsaturated/α-hetero) is 1. The van der Waals surface area contributed by atoms with Crippen LogP contribution in [-0.4, -0.2) is 37.7 Å². The third-order valence-electron chi connectivity index (χ3n) is 7.36. The molecule has 3 aromatic carbocycles. The maximum Gasteiger partial charge on any atom is 0.527 e. The second-order valence-corrected chi connectivity index (χ2v) is 11.9. The average molecular weight is 708 g/mol. The molecule has 0 spiro atoms. The Balaban J connectivity index is 0.00000461. The molecular weight excluding hydrogens is 674 g/mol. The van der Waals surface area contributed by atoms with Gasteiger partial charge in [-0.25, -0.2) is 14.2 Å². The van der Waals surface area contributed by atoms with Crippen molar-refractivity contribution in [1.29, 1.82) is 0 Å². The van der Waals surface area contributed by atoms with Crippen LogP contribution in [-0.2, 0) is 62.3 Å². The number of phosphoric acid groups is 1. The van der Waals surface area contributed by atoms with Crippen LogP contribution in [0.25, 0.3) is 22.1 Å². The predicted octanol–water partition coefficient (Wildman–Crippen LogP) is 6.50. The maximum absolute atomic E-state index is 13.0. The van der Waals surface area contributed by atoms with Crippen molar-refractivity contribution in [2.45, 2.75) is 46.1 Å². The number of carbonyl (C=O) groups is 2. The summed E-state index contributed by atoms with van der Waals surface area (Å²) < 4.78 is 39.9. The predicted molar refractivity (Wildman–Crippen MR) is 164 cm³/mol. The molecule has 0 aliphatic heterocycles. The Labute approximate surface area is 286 Å². The second-order valence-electron chi connectivity index (χ2n) is 10.3. The van der Waals surface area contributed by atoms with Gasteiger partial charge in [0.1, 0.15) is 6.61 Å². The molecule has 1 aliphatic rings. The summed E-state index contributed by atoms with van der Waals surface area (Å²) in [4.78, 5) is 38.1. The standard InChI is InChI=1S/C33H33NO9P.Y/c1-5-40-44(38,41-6-2)43-30-18-31-27(15-20(30)3)22(17-32(36)42-31)16-29(21(4)35)34-33(37)39-19-28-25-13-9-7-11-23(25)24-12-8-10-14-26(24)28;/h7-15,17,28-29H,5-6,16,19H2,1-4H3,(H,34,37);/q-1;/t29-;/m0./s1. The van der Waals surface area contributed by atoms with Crippen LogP contribution in [0.4, 0.5) is 4.79 Å². The monoisotopic (exact) mass is 707 g/mol. The average Bonchev–Trinajstić information content (AvgIpc) is 3.30. The van der Waals surface area contributed by atoms with Crippen LogP contribution in [0.5, 0.6) is 5.75 Å². The molecule has 45 heavy (non-hydrogen) atoms. The van der Waals surface area contributed by atoms with E-state index in [4.69, 9.17) is 22.7 Å². The Kier molecular flexibility index (Phi) is 11.6. The van der Waals surface area contributed by atoms with Crippen molar-refractivity contribution in [2.24, 2.45) is 0 Å². The van der Waals surface area contributed by atoms with Crippen molar-refractivity contribution in [1.82, 2.24) is 5.32 Å². The molecule has 1 amide bonds. The summed E-state index contributed by atoms with van der Waals surface area (Å²) in [5, 5.41) is 3.13. The van der Waals surface area contributed by atoms with Crippen LogP contribution in [0.1, 0.15) is 48.9 Å². The van der Waals surface area contributed by atoms with E-state index in [-0.39, 0.29) is 82.0 Å². The SMILES string of the molecule is CCOP(=O)(OCC)Oc1[c-]c2oc(=O)cc(C[C@H](NC(=O)OCC3c4ccccc4-c4ccccc43)C(C)=O)c2cc1C.[Y]. The number of ether oxygens (including phenoxy) is 1. The minimum atomic E-state index is -3.93. The van der Waals surface area contributed by atoms with Crippen LogP contribution in [0.15, 0.2) is 69.9 Å². The van der Waals surface area contributed by atoms with Gasteiger partial charge in [-0.3, -0.25) is 13.8 Å².